The molecule has 2 aromatic rings. The minimum Gasteiger partial charge on any atom is -0.349 e. The summed E-state index contributed by atoms with van der Waals surface area (Å²) in [6.07, 6.45) is 10.9. The maximum atomic E-state index is 12.3. The van der Waals surface area contributed by atoms with Crippen LogP contribution >= 0.6 is 0 Å². The van der Waals surface area contributed by atoms with Crippen LogP contribution in [0.25, 0.3) is 11.0 Å². The molecule has 0 saturated heterocycles. The SMILES string of the molecule is CCCCCCCCCn1c(CNC(=O)C(CC)CC)nc2ccccc21. The topological polar surface area (TPSA) is 46.9 Å². The predicted molar refractivity (Wildman–Crippen MR) is 114 cm³/mol. The van der Waals surface area contributed by atoms with Crippen LogP contribution in [-0.2, 0) is 17.9 Å². The molecule has 0 spiro atoms. The average Bonchev–Trinajstić information content (AvgIpc) is 3.04. The van der Waals surface area contributed by atoms with Gasteiger partial charge in [-0.2, -0.15) is 0 Å². The van der Waals surface area contributed by atoms with Gasteiger partial charge in [0.15, 0.2) is 0 Å². The number of unbranched alkanes of at least 4 members (excludes halogenated alkanes) is 6. The molecule has 1 heterocycles. The summed E-state index contributed by atoms with van der Waals surface area (Å²) in [5, 5.41) is 3.10. The number of carbonyl (C=O) groups is 1. The van der Waals surface area contributed by atoms with Gasteiger partial charge in [-0.1, -0.05) is 71.4 Å². The molecule has 0 aliphatic carbocycles. The van der Waals surface area contributed by atoms with E-state index in [-0.39, 0.29) is 11.8 Å². The fourth-order valence-electron chi connectivity index (χ4n) is 3.71. The number of amides is 1. The van der Waals surface area contributed by atoms with Crippen molar-refractivity contribution in [1.29, 1.82) is 0 Å². The minimum absolute atomic E-state index is 0.103. The molecule has 0 atom stereocenters. The molecule has 2 rings (SSSR count). The third kappa shape index (κ3) is 6.37. The summed E-state index contributed by atoms with van der Waals surface area (Å²) in [7, 11) is 0. The second-order valence-corrected chi connectivity index (χ2v) is 7.52. The Kier molecular flexibility index (Phi) is 9.37. The van der Waals surface area contributed by atoms with Crippen LogP contribution in [0.15, 0.2) is 24.3 Å². The van der Waals surface area contributed by atoms with Crippen LogP contribution in [0.4, 0.5) is 0 Å². The molecule has 0 unspecified atom stereocenters. The largest absolute Gasteiger partial charge is 0.349 e. The number of hydrogen-bond acceptors (Lipinski definition) is 2. The highest BCUT2D eigenvalue weighted by Gasteiger charge is 2.16. The van der Waals surface area contributed by atoms with Crippen molar-refractivity contribution in [2.45, 2.75) is 91.6 Å². The van der Waals surface area contributed by atoms with Gasteiger partial charge in [0.1, 0.15) is 5.82 Å². The molecule has 150 valence electrons. The Morgan fingerprint density at radius 1 is 1.00 bits per heavy atom. The zero-order valence-electron chi connectivity index (χ0n) is 17.5. The van der Waals surface area contributed by atoms with Gasteiger partial charge < -0.3 is 9.88 Å². The van der Waals surface area contributed by atoms with E-state index in [9.17, 15) is 4.79 Å². The molecular formula is C23H37N3O. The molecule has 1 N–H and O–H groups in total. The van der Waals surface area contributed by atoms with Crippen LogP contribution in [-0.4, -0.2) is 15.5 Å². The van der Waals surface area contributed by atoms with E-state index in [2.05, 4.69) is 48.9 Å². The molecule has 1 aromatic heterocycles. The summed E-state index contributed by atoms with van der Waals surface area (Å²) in [6, 6.07) is 8.29. The van der Waals surface area contributed by atoms with Crippen molar-refractivity contribution < 1.29 is 4.79 Å². The molecule has 0 saturated carbocycles. The second kappa shape index (κ2) is 11.8. The predicted octanol–water partition coefficient (Wildman–Crippen LogP) is 5.84. The fourth-order valence-corrected chi connectivity index (χ4v) is 3.71. The molecule has 4 heteroatoms. The molecular weight excluding hydrogens is 334 g/mol. The number of aromatic nitrogens is 2. The van der Waals surface area contributed by atoms with E-state index in [1.165, 1.54) is 50.5 Å². The zero-order valence-corrected chi connectivity index (χ0v) is 17.5. The smallest absolute Gasteiger partial charge is 0.223 e. The van der Waals surface area contributed by atoms with Crippen molar-refractivity contribution >= 4 is 16.9 Å². The van der Waals surface area contributed by atoms with Gasteiger partial charge in [0.05, 0.1) is 17.6 Å². The molecule has 27 heavy (non-hydrogen) atoms. The van der Waals surface area contributed by atoms with E-state index in [1.54, 1.807) is 0 Å². The lowest BCUT2D eigenvalue weighted by atomic mass is 10.0. The normalized spacial score (nSPS) is 11.4. The number of hydrogen-bond donors (Lipinski definition) is 1. The first-order chi connectivity index (χ1) is 13.2. The van der Waals surface area contributed by atoms with Crippen LogP contribution in [0, 0.1) is 5.92 Å². The molecule has 0 aliphatic heterocycles. The number of carbonyl (C=O) groups excluding carboxylic acids is 1. The second-order valence-electron chi connectivity index (χ2n) is 7.52. The Balaban J connectivity index is 1.97. The van der Waals surface area contributed by atoms with Crippen molar-refractivity contribution in [2.75, 3.05) is 0 Å². The number of nitrogens with zero attached hydrogens (tertiary/aromatic N) is 2. The Morgan fingerprint density at radius 2 is 1.67 bits per heavy atom. The van der Waals surface area contributed by atoms with Gasteiger partial charge in [-0.05, 0) is 31.4 Å². The van der Waals surface area contributed by atoms with E-state index < -0.39 is 0 Å². The summed E-state index contributed by atoms with van der Waals surface area (Å²) in [6.45, 7) is 7.89. The van der Waals surface area contributed by atoms with Crippen molar-refractivity contribution in [3.05, 3.63) is 30.1 Å². The monoisotopic (exact) mass is 371 g/mol. The first-order valence-electron chi connectivity index (χ1n) is 10.9. The van der Waals surface area contributed by atoms with Gasteiger partial charge in [-0.15, -0.1) is 0 Å². The molecule has 1 aromatic carbocycles. The standard InChI is InChI=1S/C23H37N3O/c1-4-7-8-9-10-11-14-17-26-21-16-13-12-15-20(21)25-22(26)18-24-23(27)19(5-2)6-3/h12-13,15-16,19H,4-11,14,17-18H2,1-3H3,(H,24,27). The summed E-state index contributed by atoms with van der Waals surface area (Å²) in [5.74, 6) is 1.22. The van der Waals surface area contributed by atoms with Crippen molar-refractivity contribution in [1.82, 2.24) is 14.9 Å². The summed E-state index contributed by atoms with van der Waals surface area (Å²) >= 11 is 0. The third-order valence-electron chi connectivity index (χ3n) is 5.50. The number of aryl methyl sites for hydroxylation is 1. The molecule has 0 aliphatic rings. The van der Waals surface area contributed by atoms with Crippen LogP contribution in [0.5, 0.6) is 0 Å². The number of fused-ring (bicyclic) bond motifs is 1. The highest BCUT2D eigenvalue weighted by atomic mass is 16.1. The van der Waals surface area contributed by atoms with Gasteiger partial charge in [0.25, 0.3) is 0 Å². The lowest BCUT2D eigenvalue weighted by Crippen LogP contribution is -2.30. The van der Waals surface area contributed by atoms with Crippen LogP contribution in [0.3, 0.4) is 0 Å². The van der Waals surface area contributed by atoms with Crippen LogP contribution in [0.1, 0.15) is 84.4 Å². The lowest BCUT2D eigenvalue weighted by Gasteiger charge is -2.14. The van der Waals surface area contributed by atoms with Crippen molar-refractivity contribution in [3.63, 3.8) is 0 Å². The number of benzene rings is 1. The Bertz CT molecular complexity index is 688. The maximum absolute atomic E-state index is 12.3. The number of para-hydroxylation sites is 2. The van der Waals surface area contributed by atoms with E-state index in [4.69, 9.17) is 4.98 Å². The molecule has 0 radical (unpaired) electrons. The molecule has 0 fully saturated rings. The van der Waals surface area contributed by atoms with E-state index in [1.807, 2.05) is 6.07 Å². The van der Waals surface area contributed by atoms with E-state index in [0.717, 1.165) is 30.7 Å². The van der Waals surface area contributed by atoms with Crippen LogP contribution in [0.2, 0.25) is 0 Å². The third-order valence-corrected chi connectivity index (χ3v) is 5.50. The summed E-state index contributed by atoms with van der Waals surface area (Å²) < 4.78 is 2.30. The van der Waals surface area contributed by atoms with Gasteiger partial charge in [-0.3, -0.25) is 4.79 Å². The quantitative estimate of drug-likeness (QED) is 0.450. The highest BCUT2D eigenvalue weighted by Crippen LogP contribution is 2.18. The molecule has 0 bridgehead atoms. The Hall–Kier alpha value is -1.84. The lowest BCUT2D eigenvalue weighted by molar-refractivity contribution is -0.125. The number of rotatable bonds is 13. The zero-order chi connectivity index (χ0) is 19.5. The first kappa shape index (κ1) is 21.5. The van der Waals surface area contributed by atoms with Gasteiger partial charge in [-0.25, -0.2) is 4.98 Å². The highest BCUT2D eigenvalue weighted by molar-refractivity contribution is 5.79. The Labute approximate surface area is 164 Å². The number of nitrogens with one attached hydrogen (secondary N) is 1. The molecule has 4 nitrogen and oxygen atoms in total. The van der Waals surface area contributed by atoms with E-state index >= 15 is 0 Å². The summed E-state index contributed by atoms with van der Waals surface area (Å²) in [5.41, 5.74) is 2.20. The van der Waals surface area contributed by atoms with Gasteiger partial charge in [0, 0.05) is 12.5 Å². The van der Waals surface area contributed by atoms with Crippen LogP contribution < -0.4 is 5.32 Å². The van der Waals surface area contributed by atoms with E-state index in [0.29, 0.717) is 6.54 Å². The fraction of sp³-hybridized carbons (Fsp3) is 0.652. The first-order valence-corrected chi connectivity index (χ1v) is 10.9. The van der Waals surface area contributed by atoms with Crippen molar-refractivity contribution in [3.8, 4) is 0 Å². The average molecular weight is 372 g/mol. The summed E-state index contributed by atoms with van der Waals surface area (Å²) in [4.78, 5) is 17.1. The number of imidazole rings is 1. The Morgan fingerprint density at radius 3 is 2.37 bits per heavy atom. The molecule has 1 amide bonds. The van der Waals surface area contributed by atoms with Gasteiger partial charge in [0.2, 0.25) is 5.91 Å². The van der Waals surface area contributed by atoms with Gasteiger partial charge >= 0.3 is 0 Å². The van der Waals surface area contributed by atoms with Crippen molar-refractivity contribution in [2.24, 2.45) is 5.92 Å². The maximum Gasteiger partial charge on any atom is 0.223 e. The minimum atomic E-state index is 0.103.